The van der Waals surface area contributed by atoms with E-state index in [1.165, 1.54) is 12.7 Å². The van der Waals surface area contributed by atoms with Crippen LogP contribution in [0.2, 0.25) is 5.02 Å². The number of ether oxygens (including phenoxy) is 1. The fourth-order valence-electron chi connectivity index (χ4n) is 3.28. The van der Waals surface area contributed by atoms with E-state index in [2.05, 4.69) is 27.4 Å². The normalized spacial score (nSPS) is 10.9. The average molecular weight is 421 g/mol. The van der Waals surface area contributed by atoms with Gasteiger partial charge in [0.1, 0.15) is 11.3 Å². The number of rotatable bonds is 6. The van der Waals surface area contributed by atoms with Crippen LogP contribution in [0.15, 0.2) is 60.7 Å². The zero-order valence-corrected chi connectivity index (χ0v) is 17.5. The summed E-state index contributed by atoms with van der Waals surface area (Å²) in [5.74, 6) is 0.316. The van der Waals surface area contributed by atoms with Crippen LogP contribution in [-0.2, 0) is 17.8 Å². The highest BCUT2D eigenvalue weighted by Gasteiger charge is 2.15. The average Bonchev–Trinajstić information content (AvgIpc) is 3.08. The molecule has 0 saturated heterocycles. The number of aryl methyl sites for hydroxylation is 1. The summed E-state index contributed by atoms with van der Waals surface area (Å²) in [7, 11) is 1.34. The van der Waals surface area contributed by atoms with Gasteiger partial charge in [-0.2, -0.15) is 0 Å². The molecule has 30 heavy (non-hydrogen) atoms. The minimum Gasteiger partial charge on any atom is -0.464 e. The van der Waals surface area contributed by atoms with Crippen LogP contribution in [0.3, 0.4) is 0 Å². The first-order chi connectivity index (χ1) is 14.5. The highest BCUT2D eigenvalue weighted by Crippen LogP contribution is 2.24. The Morgan fingerprint density at radius 2 is 1.90 bits per heavy atom. The van der Waals surface area contributed by atoms with Crippen molar-refractivity contribution in [2.75, 3.05) is 12.4 Å². The molecule has 0 aliphatic heterocycles. The lowest BCUT2D eigenvalue weighted by Gasteiger charge is -2.12. The third-order valence-corrected chi connectivity index (χ3v) is 5.25. The van der Waals surface area contributed by atoms with Crippen LogP contribution in [0.5, 0.6) is 0 Å². The van der Waals surface area contributed by atoms with Crippen molar-refractivity contribution in [1.29, 1.82) is 0 Å². The number of aromatic nitrogens is 3. The summed E-state index contributed by atoms with van der Waals surface area (Å²) in [5, 5.41) is 4.04. The van der Waals surface area contributed by atoms with E-state index in [4.69, 9.17) is 16.3 Å². The molecule has 152 valence electrons. The van der Waals surface area contributed by atoms with E-state index in [1.807, 2.05) is 47.9 Å². The van der Waals surface area contributed by atoms with Gasteiger partial charge < -0.3 is 14.6 Å². The maximum absolute atomic E-state index is 11.8. The van der Waals surface area contributed by atoms with Crippen LogP contribution in [0, 0.1) is 6.92 Å². The van der Waals surface area contributed by atoms with E-state index in [0.29, 0.717) is 17.2 Å². The Morgan fingerprint density at radius 3 is 2.63 bits per heavy atom. The molecule has 2 aromatic carbocycles. The van der Waals surface area contributed by atoms with Gasteiger partial charge in [0.25, 0.3) is 0 Å². The topological polar surface area (TPSA) is 69.0 Å². The predicted octanol–water partition coefficient (Wildman–Crippen LogP) is 4.84. The molecule has 2 aromatic heterocycles. The molecule has 1 N–H and O–H groups in total. The Labute approximate surface area is 179 Å². The molecule has 0 aliphatic carbocycles. The van der Waals surface area contributed by atoms with Gasteiger partial charge in [-0.05, 0) is 42.3 Å². The molecule has 0 aliphatic rings. The zero-order chi connectivity index (χ0) is 21.1. The van der Waals surface area contributed by atoms with Crippen LogP contribution >= 0.6 is 11.6 Å². The van der Waals surface area contributed by atoms with Crippen LogP contribution in [-0.4, -0.2) is 27.6 Å². The molecule has 0 unspecified atom stereocenters. The van der Waals surface area contributed by atoms with Crippen molar-refractivity contribution >= 4 is 34.4 Å². The summed E-state index contributed by atoms with van der Waals surface area (Å²) in [6.45, 7) is 3.13. The van der Waals surface area contributed by atoms with Crippen molar-refractivity contribution in [2.24, 2.45) is 0 Å². The van der Waals surface area contributed by atoms with Crippen LogP contribution in [0.1, 0.15) is 27.4 Å². The zero-order valence-electron chi connectivity index (χ0n) is 16.7. The first-order valence-corrected chi connectivity index (χ1v) is 9.91. The molecule has 4 rings (SSSR count). The van der Waals surface area contributed by atoms with Gasteiger partial charge in [0.2, 0.25) is 0 Å². The van der Waals surface area contributed by atoms with Gasteiger partial charge in [-0.1, -0.05) is 48.0 Å². The monoisotopic (exact) mass is 420 g/mol. The molecular formula is C23H21ClN4O2. The number of pyridine rings is 1. The maximum atomic E-state index is 11.8. The second kappa shape index (κ2) is 8.55. The van der Waals surface area contributed by atoms with Crippen LogP contribution in [0.4, 0.5) is 5.69 Å². The highest BCUT2D eigenvalue weighted by atomic mass is 35.5. The molecule has 6 nitrogen and oxygen atoms in total. The Hall–Kier alpha value is -3.38. The lowest BCUT2D eigenvalue weighted by atomic mass is 10.2. The summed E-state index contributed by atoms with van der Waals surface area (Å²) in [6.07, 6.45) is 0. The van der Waals surface area contributed by atoms with Gasteiger partial charge in [-0.3, -0.25) is 0 Å². The molecule has 4 aromatic rings. The number of hydrogen-bond acceptors (Lipinski definition) is 5. The van der Waals surface area contributed by atoms with Gasteiger partial charge in [-0.25, -0.2) is 14.8 Å². The summed E-state index contributed by atoms with van der Waals surface area (Å²) < 4.78 is 6.72. The molecule has 0 spiro atoms. The lowest BCUT2D eigenvalue weighted by Crippen LogP contribution is -2.08. The second-order valence-corrected chi connectivity index (χ2v) is 7.33. The van der Waals surface area contributed by atoms with E-state index < -0.39 is 5.97 Å². The van der Waals surface area contributed by atoms with Crippen molar-refractivity contribution < 1.29 is 9.53 Å². The van der Waals surface area contributed by atoms with E-state index in [9.17, 15) is 4.79 Å². The highest BCUT2D eigenvalue weighted by molar-refractivity contribution is 6.31. The number of fused-ring (bicyclic) bond motifs is 1. The van der Waals surface area contributed by atoms with Crippen molar-refractivity contribution in [3.63, 3.8) is 0 Å². The predicted molar refractivity (Wildman–Crippen MR) is 118 cm³/mol. The first kappa shape index (κ1) is 19.9. The van der Waals surface area contributed by atoms with E-state index >= 15 is 0 Å². The number of methoxy groups -OCH3 is 1. The third kappa shape index (κ3) is 4.14. The van der Waals surface area contributed by atoms with Crippen LogP contribution in [0.25, 0.3) is 11.2 Å². The summed E-state index contributed by atoms with van der Waals surface area (Å²) >= 11 is 6.57. The molecule has 7 heteroatoms. The van der Waals surface area contributed by atoms with Gasteiger partial charge in [0.15, 0.2) is 11.3 Å². The minimum atomic E-state index is -0.478. The molecule has 0 radical (unpaired) electrons. The maximum Gasteiger partial charge on any atom is 0.356 e. The van der Waals surface area contributed by atoms with Gasteiger partial charge in [0.05, 0.1) is 13.7 Å². The van der Waals surface area contributed by atoms with Crippen LogP contribution < -0.4 is 5.32 Å². The third-order valence-electron chi connectivity index (χ3n) is 4.90. The molecular weight excluding hydrogens is 400 g/mol. The van der Waals surface area contributed by atoms with Gasteiger partial charge >= 0.3 is 5.97 Å². The van der Waals surface area contributed by atoms with Gasteiger partial charge in [0, 0.05) is 17.3 Å². The van der Waals surface area contributed by atoms with E-state index in [1.54, 1.807) is 12.1 Å². The van der Waals surface area contributed by atoms with Crippen molar-refractivity contribution in [2.45, 2.75) is 20.0 Å². The number of carbonyl (C=O) groups is 1. The minimum absolute atomic E-state index is 0.248. The molecule has 0 fully saturated rings. The van der Waals surface area contributed by atoms with Crippen molar-refractivity contribution in [3.8, 4) is 0 Å². The van der Waals surface area contributed by atoms with Crippen molar-refractivity contribution in [1.82, 2.24) is 14.5 Å². The number of nitrogens with one attached hydrogen (secondary N) is 1. The number of benzene rings is 2. The molecule has 0 atom stereocenters. The molecule has 0 bridgehead atoms. The Kier molecular flexibility index (Phi) is 5.68. The number of nitrogens with zero attached hydrogens (tertiary/aromatic N) is 3. The quantitative estimate of drug-likeness (QED) is 0.452. The molecule has 0 saturated carbocycles. The Balaban J connectivity index is 1.57. The second-order valence-electron chi connectivity index (χ2n) is 6.92. The Bertz CT molecular complexity index is 1200. The first-order valence-electron chi connectivity index (χ1n) is 9.53. The van der Waals surface area contributed by atoms with Crippen molar-refractivity contribution in [3.05, 3.63) is 88.3 Å². The summed E-state index contributed by atoms with van der Waals surface area (Å²) in [4.78, 5) is 20.8. The number of esters is 1. The largest absolute Gasteiger partial charge is 0.464 e. The summed E-state index contributed by atoms with van der Waals surface area (Å²) in [5.41, 5.74) is 4.68. The lowest BCUT2D eigenvalue weighted by molar-refractivity contribution is 0.0594. The fraction of sp³-hybridized carbons (Fsp3) is 0.174. The fourth-order valence-corrected chi connectivity index (χ4v) is 3.52. The van der Waals surface area contributed by atoms with E-state index in [-0.39, 0.29) is 5.69 Å². The number of hydrogen-bond donors (Lipinski definition) is 1. The van der Waals surface area contributed by atoms with E-state index in [0.717, 1.165) is 29.1 Å². The number of halogens is 1. The number of carbonyl (C=O) groups excluding carboxylic acids is 1. The standard InChI is InChI=1S/C23H21ClN4O2/c1-15-26-20-10-11-21(23(29)30-2)27-22(20)28(15)14-17-8-9-18(12-19(17)24)25-13-16-6-4-3-5-7-16/h3-12,25H,13-14H2,1-2H3. The number of imidazole rings is 1. The Morgan fingerprint density at radius 1 is 1.10 bits per heavy atom. The SMILES string of the molecule is COC(=O)c1ccc2nc(C)n(Cc3ccc(NCc4ccccc4)cc3Cl)c2n1. The number of anilines is 1. The smallest absolute Gasteiger partial charge is 0.356 e. The van der Waals surface area contributed by atoms with Gasteiger partial charge in [-0.15, -0.1) is 0 Å². The summed E-state index contributed by atoms with van der Waals surface area (Å²) in [6, 6.07) is 19.5. The molecule has 2 heterocycles. The molecule has 0 amide bonds.